The molecule has 7 heteroatoms. The molecule has 0 aliphatic carbocycles. The Morgan fingerprint density at radius 2 is 1.96 bits per heavy atom. The predicted octanol–water partition coefficient (Wildman–Crippen LogP) is 2.08. The van der Waals surface area contributed by atoms with Crippen LogP contribution in [0.1, 0.15) is 26.4 Å². The van der Waals surface area contributed by atoms with Crippen molar-refractivity contribution in [1.82, 2.24) is 15.8 Å². The van der Waals surface area contributed by atoms with Crippen LogP contribution >= 0.6 is 0 Å². The molecule has 0 aliphatic heterocycles. The number of carbonyl (C=O) groups excluding carboxylic acids is 2. The van der Waals surface area contributed by atoms with Crippen molar-refractivity contribution in [1.29, 1.82) is 0 Å². The van der Waals surface area contributed by atoms with Crippen molar-refractivity contribution in [3.8, 4) is 23.4 Å². The molecule has 0 spiro atoms. The van der Waals surface area contributed by atoms with E-state index in [0.29, 0.717) is 22.6 Å². The highest BCUT2D eigenvalue weighted by Crippen LogP contribution is 2.20. The van der Waals surface area contributed by atoms with E-state index in [1.807, 2.05) is 0 Å². The first-order chi connectivity index (χ1) is 12.7. The summed E-state index contributed by atoms with van der Waals surface area (Å²) in [6.07, 6.45) is 1.50. The molecule has 0 fully saturated rings. The first-order valence-electron chi connectivity index (χ1n) is 7.78. The fraction of sp³-hybridized carbons (Fsp3) is 0.105. The Bertz CT molecular complexity index is 978. The third-order valence-corrected chi connectivity index (χ3v) is 3.47. The van der Waals surface area contributed by atoms with Crippen LogP contribution in [0.3, 0.4) is 0 Å². The van der Waals surface area contributed by atoms with Crippen molar-refractivity contribution in [2.24, 2.45) is 0 Å². The fourth-order valence-corrected chi connectivity index (χ4v) is 2.20. The minimum Gasteiger partial charge on any atom is -0.461 e. The van der Waals surface area contributed by atoms with Crippen LogP contribution in [-0.2, 0) is 0 Å². The summed E-state index contributed by atoms with van der Waals surface area (Å²) in [6, 6.07) is 11.9. The van der Waals surface area contributed by atoms with E-state index in [0.717, 1.165) is 0 Å². The molecule has 0 radical (unpaired) electrons. The second-order valence-electron chi connectivity index (χ2n) is 5.16. The zero-order valence-electron chi connectivity index (χ0n) is 13.9. The molecule has 3 rings (SSSR count). The van der Waals surface area contributed by atoms with E-state index < -0.39 is 5.91 Å². The van der Waals surface area contributed by atoms with Gasteiger partial charge in [0, 0.05) is 18.7 Å². The maximum Gasteiger partial charge on any atom is 0.274 e. The minimum absolute atomic E-state index is 0.101. The summed E-state index contributed by atoms with van der Waals surface area (Å²) in [6.45, 7) is 0.101. The zero-order valence-corrected chi connectivity index (χ0v) is 13.9. The van der Waals surface area contributed by atoms with Gasteiger partial charge in [-0.25, -0.2) is 0 Å². The lowest BCUT2D eigenvalue weighted by Gasteiger charge is -2.02. The topological polar surface area (TPSA) is 97.4 Å². The molecule has 2 aromatic heterocycles. The first kappa shape index (κ1) is 17.0. The number of benzene rings is 1. The molecule has 2 N–H and O–H groups in total. The number of nitrogens with zero attached hydrogens (tertiary/aromatic N) is 1. The predicted molar refractivity (Wildman–Crippen MR) is 93.2 cm³/mol. The second kappa shape index (κ2) is 7.85. The number of amides is 2. The lowest BCUT2D eigenvalue weighted by molar-refractivity contribution is 0.0945. The van der Waals surface area contributed by atoms with Gasteiger partial charge < -0.3 is 19.6 Å². The van der Waals surface area contributed by atoms with Crippen molar-refractivity contribution in [3.05, 3.63) is 65.5 Å². The molecule has 0 saturated carbocycles. The van der Waals surface area contributed by atoms with Crippen molar-refractivity contribution >= 4 is 11.8 Å². The Labute approximate surface area is 149 Å². The number of hydrogen-bond donors (Lipinski definition) is 2. The molecule has 26 heavy (non-hydrogen) atoms. The van der Waals surface area contributed by atoms with Crippen molar-refractivity contribution in [2.45, 2.75) is 0 Å². The SMILES string of the molecule is CNC(=O)c1ccccc1C#CCNC(=O)c1cc(-c2ccco2)on1. The van der Waals surface area contributed by atoms with Crippen LogP contribution in [0.4, 0.5) is 0 Å². The average molecular weight is 349 g/mol. The van der Waals surface area contributed by atoms with Gasteiger partial charge >= 0.3 is 0 Å². The third kappa shape index (κ3) is 3.82. The van der Waals surface area contributed by atoms with Gasteiger partial charge in [-0.1, -0.05) is 29.1 Å². The molecule has 0 bridgehead atoms. The van der Waals surface area contributed by atoms with E-state index in [-0.39, 0.29) is 18.1 Å². The van der Waals surface area contributed by atoms with E-state index in [2.05, 4.69) is 27.6 Å². The van der Waals surface area contributed by atoms with E-state index in [4.69, 9.17) is 8.94 Å². The lowest BCUT2D eigenvalue weighted by atomic mass is 10.1. The van der Waals surface area contributed by atoms with Crippen molar-refractivity contribution in [2.75, 3.05) is 13.6 Å². The Kier molecular flexibility index (Phi) is 5.15. The van der Waals surface area contributed by atoms with Crippen molar-refractivity contribution < 1.29 is 18.5 Å². The van der Waals surface area contributed by atoms with Gasteiger partial charge in [-0.05, 0) is 24.3 Å². The van der Waals surface area contributed by atoms with E-state index in [1.54, 1.807) is 43.4 Å². The lowest BCUT2D eigenvalue weighted by Crippen LogP contribution is -2.23. The zero-order chi connectivity index (χ0) is 18.4. The summed E-state index contributed by atoms with van der Waals surface area (Å²) < 4.78 is 10.3. The van der Waals surface area contributed by atoms with Gasteiger partial charge in [0.05, 0.1) is 18.4 Å². The van der Waals surface area contributed by atoms with Gasteiger partial charge in [0.25, 0.3) is 11.8 Å². The first-order valence-corrected chi connectivity index (χ1v) is 7.78. The van der Waals surface area contributed by atoms with Gasteiger partial charge in [-0.15, -0.1) is 0 Å². The number of nitrogens with one attached hydrogen (secondary N) is 2. The molecule has 0 atom stereocenters. The van der Waals surface area contributed by atoms with Gasteiger partial charge in [0.1, 0.15) is 0 Å². The Balaban J connectivity index is 1.62. The molecular formula is C19H15N3O4. The normalized spacial score (nSPS) is 9.88. The van der Waals surface area contributed by atoms with E-state index in [9.17, 15) is 9.59 Å². The largest absolute Gasteiger partial charge is 0.461 e. The molecule has 0 unspecified atom stereocenters. The van der Waals surface area contributed by atoms with Gasteiger partial charge in [0.2, 0.25) is 5.76 Å². The maximum absolute atomic E-state index is 12.1. The van der Waals surface area contributed by atoms with Gasteiger partial charge in [0.15, 0.2) is 11.5 Å². The average Bonchev–Trinajstić information content (AvgIpc) is 3.36. The second-order valence-corrected chi connectivity index (χ2v) is 5.16. The van der Waals surface area contributed by atoms with Crippen molar-refractivity contribution in [3.63, 3.8) is 0 Å². The number of furan rings is 1. The molecule has 7 nitrogen and oxygen atoms in total. The molecule has 130 valence electrons. The highest BCUT2D eigenvalue weighted by Gasteiger charge is 2.14. The van der Waals surface area contributed by atoms with Gasteiger partial charge in [-0.3, -0.25) is 9.59 Å². The summed E-state index contributed by atoms with van der Waals surface area (Å²) in [7, 11) is 1.56. The molecule has 2 heterocycles. The standard InChI is InChI=1S/C19H15N3O4/c1-20-18(23)14-8-3-2-6-13(14)7-4-10-21-19(24)15-12-17(26-22-15)16-9-5-11-25-16/h2-3,5-6,8-9,11-12H,10H2,1H3,(H,20,23)(H,21,24). The van der Waals surface area contributed by atoms with E-state index in [1.165, 1.54) is 12.3 Å². The summed E-state index contributed by atoms with van der Waals surface area (Å²) in [5, 5.41) is 8.90. The molecule has 0 saturated heterocycles. The number of rotatable bonds is 4. The van der Waals surface area contributed by atoms with E-state index >= 15 is 0 Å². The Morgan fingerprint density at radius 3 is 2.73 bits per heavy atom. The molecule has 0 aliphatic rings. The monoisotopic (exact) mass is 349 g/mol. The maximum atomic E-state index is 12.1. The summed E-state index contributed by atoms with van der Waals surface area (Å²) in [4.78, 5) is 23.8. The Morgan fingerprint density at radius 1 is 1.12 bits per heavy atom. The summed E-state index contributed by atoms with van der Waals surface area (Å²) in [5.74, 6) is 5.92. The molecule has 2 amide bonds. The highest BCUT2D eigenvalue weighted by atomic mass is 16.5. The summed E-state index contributed by atoms with van der Waals surface area (Å²) in [5.41, 5.74) is 1.19. The molecule has 3 aromatic rings. The third-order valence-electron chi connectivity index (χ3n) is 3.47. The number of carbonyl (C=O) groups is 2. The van der Waals surface area contributed by atoms with Gasteiger partial charge in [-0.2, -0.15) is 0 Å². The van der Waals surface area contributed by atoms with Crippen LogP contribution in [0.15, 0.2) is 57.7 Å². The Hall–Kier alpha value is -3.79. The number of aromatic nitrogens is 1. The quantitative estimate of drug-likeness (QED) is 0.703. The highest BCUT2D eigenvalue weighted by molar-refractivity contribution is 5.96. The molecule has 1 aromatic carbocycles. The van der Waals surface area contributed by atoms with Crippen LogP contribution in [-0.4, -0.2) is 30.6 Å². The van der Waals surface area contributed by atoms with Crippen LogP contribution in [0.25, 0.3) is 11.5 Å². The van der Waals surface area contributed by atoms with Crippen LogP contribution in [0, 0.1) is 11.8 Å². The molecular weight excluding hydrogens is 334 g/mol. The fourth-order valence-electron chi connectivity index (χ4n) is 2.20. The minimum atomic E-state index is -0.416. The van der Waals surface area contributed by atoms with Crippen LogP contribution < -0.4 is 10.6 Å². The summed E-state index contributed by atoms with van der Waals surface area (Å²) >= 11 is 0. The van der Waals surface area contributed by atoms with Crippen LogP contribution in [0.5, 0.6) is 0 Å². The number of hydrogen-bond acceptors (Lipinski definition) is 5. The smallest absolute Gasteiger partial charge is 0.274 e. The van der Waals surface area contributed by atoms with Crippen LogP contribution in [0.2, 0.25) is 0 Å².